The molecule has 0 bridgehead atoms. The average molecular weight is 140 g/mol. The number of rotatable bonds is 2. The number of hydrogen-bond donors (Lipinski definition) is 1. The third-order valence-electron chi connectivity index (χ3n) is 1.41. The highest BCUT2D eigenvalue weighted by molar-refractivity contribution is 4.97. The maximum atomic E-state index is 5.41. The Morgan fingerprint density at radius 3 is 2.90 bits per heavy atom. The van der Waals surface area contributed by atoms with Crippen molar-refractivity contribution in [2.45, 2.75) is 19.8 Å². The van der Waals surface area contributed by atoms with Gasteiger partial charge in [-0.15, -0.1) is 0 Å². The summed E-state index contributed by atoms with van der Waals surface area (Å²) in [6.07, 6.45) is 1.64. The van der Waals surface area contributed by atoms with Crippen LogP contribution in [0.25, 0.3) is 0 Å². The van der Waals surface area contributed by atoms with E-state index in [1.165, 1.54) is 0 Å². The monoisotopic (exact) mass is 140 g/mol. The zero-order valence-electron chi connectivity index (χ0n) is 6.29. The van der Waals surface area contributed by atoms with Crippen LogP contribution in [0.15, 0.2) is 10.7 Å². The van der Waals surface area contributed by atoms with Gasteiger partial charge in [0.25, 0.3) is 0 Å². The van der Waals surface area contributed by atoms with Crippen LogP contribution >= 0.6 is 0 Å². The van der Waals surface area contributed by atoms with E-state index < -0.39 is 0 Å². The van der Waals surface area contributed by atoms with Crippen LogP contribution in [0, 0.1) is 6.92 Å². The third-order valence-corrected chi connectivity index (χ3v) is 1.41. The van der Waals surface area contributed by atoms with E-state index in [4.69, 9.17) is 10.2 Å². The fourth-order valence-corrected chi connectivity index (χ4v) is 0.699. The third kappa shape index (κ3) is 1.36. The molecule has 0 aliphatic rings. The molecule has 10 heavy (non-hydrogen) atoms. The van der Waals surface area contributed by atoms with E-state index in [0.29, 0.717) is 6.54 Å². The highest BCUT2D eigenvalue weighted by atomic mass is 16.3. The first-order valence-corrected chi connectivity index (χ1v) is 3.36. The molecular formula is C7H12N2O. The van der Waals surface area contributed by atoms with E-state index in [-0.39, 0.29) is 5.92 Å². The molecule has 0 aromatic carbocycles. The van der Waals surface area contributed by atoms with Crippen LogP contribution in [0.4, 0.5) is 0 Å². The predicted octanol–water partition coefficient (Wildman–Crippen LogP) is 1.05. The molecule has 1 aromatic heterocycles. The summed E-state index contributed by atoms with van der Waals surface area (Å²) >= 11 is 0. The lowest BCUT2D eigenvalue weighted by atomic mass is 10.2. The fraction of sp³-hybridized carbons (Fsp3) is 0.571. The Hall–Kier alpha value is -0.830. The number of aromatic nitrogens is 1. The standard InChI is InChI=1S/C7H12N2O/c1-5(3-8)7-9-6(2)4-10-7/h4-5H,3,8H2,1-2H3. The smallest absolute Gasteiger partial charge is 0.198 e. The average Bonchev–Trinajstić information content (AvgIpc) is 2.34. The molecule has 0 radical (unpaired) electrons. The van der Waals surface area contributed by atoms with Gasteiger partial charge in [0.05, 0.1) is 5.69 Å². The van der Waals surface area contributed by atoms with Gasteiger partial charge in [-0.2, -0.15) is 0 Å². The Morgan fingerprint density at radius 2 is 2.50 bits per heavy atom. The van der Waals surface area contributed by atoms with Crippen LogP contribution in [-0.4, -0.2) is 11.5 Å². The van der Waals surface area contributed by atoms with Crippen LogP contribution < -0.4 is 5.73 Å². The second kappa shape index (κ2) is 2.84. The lowest BCUT2D eigenvalue weighted by Gasteiger charge is -1.99. The number of nitrogens with two attached hydrogens (primary N) is 1. The van der Waals surface area contributed by atoms with Gasteiger partial charge < -0.3 is 10.2 Å². The van der Waals surface area contributed by atoms with Gasteiger partial charge in [-0.3, -0.25) is 0 Å². The highest BCUT2D eigenvalue weighted by Crippen LogP contribution is 2.11. The van der Waals surface area contributed by atoms with E-state index in [2.05, 4.69) is 4.98 Å². The number of nitrogens with zero attached hydrogens (tertiary/aromatic N) is 1. The largest absolute Gasteiger partial charge is 0.448 e. The van der Waals surface area contributed by atoms with Crippen molar-refractivity contribution in [3.05, 3.63) is 17.8 Å². The summed E-state index contributed by atoms with van der Waals surface area (Å²) in [6, 6.07) is 0. The van der Waals surface area contributed by atoms with Crippen molar-refractivity contribution in [2.24, 2.45) is 5.73 Å². The van der Waals surface area contributed by atoms with Crippen LogP contribution in [0.1, 0.15) is 24.4 Å². The van der Waals surface area contributed by atoms with Crippen LogP contribution in [-0.2, 0) is 0 Å². The molecule has 0 spiro atoms. The Morgan fingerprint density at radius 1 is 1.80 bits per heavy atom. The predicted molar refractivity (Wildman–Crippen MR) is 38.7 cm³/mol. The zero-order chi connectivity index (χ0) is 7.56. The van der Waals surface area contributed by atoms with Gasteiger partial charge >= 0.3 is 0 Å². The normalized spacial score (nSPS) is 13.5. The first-order chi connectivity index (χ1) is 4.74. The van der Waals surface area contributed by atoms with Gasteiger partial charge in [-0.1, -0.05) is 6.92 Å². The van der Waals surface area contributed by atoms with Crippen molar-refractivity contribution in [3.8, 4) is 0 Å². The summed E-state index contributed by atoms with van der Waals surface area (Å²) in [4.78, 5) is 4.13. The molecule has 0 aliphatic carbocycles. The van der Waals surface area contributed by atoms with E-state index >= 15 is 0 Å². The molecular weight excluding hydrogens is 128 g/mol. The molecule has 2 N–H and O–H groups in total. The summed E-state index contributed by atoms with van der Waals surface area (Å²) in [5, 5.41) is 0. The minimum atomic E-state index is 0.230. The molecule has 0 saturated heterocycles. The number of oxazole rings is 1. The van der Waals surface area contributed by atoms with Crippen LogP contribution in [0.5, 0.6) is 0 Å². The Bertz CT molecular complexity index is 207. The second-order valence-electron chi connectivity index (χ2n) is 2.46. The van der Waals surface area contributed by atoms with Gasteiger partial charge in [0.1, 0.15) is 6.26 Å². The van der Waals surface area contributed by atoms with Gasteiger partial charge in [0, 0.05) is 12.5 Å². The quantitative estimate of drug-likeness (QED) is 0.667. The summed E-state index contributed by atoms with van der Waals surface area (Å²) in [6.45, 7) is 4.47. The molecule has 1 rings (SSSR count). The molecule has 56 valence electrons. The molecule has 0 aliphatic heterocycles. The highest BCUT2D eigenvalue weighted by Gasteiger charge is 2.07. The number of aryl methyl sites for hydroxylation is 1. The lowest BCUT2D eigenvalue weighted by Crippen LogP contribution is -2.08. The van der Waals surface area contributed by atoms with Crippen molar-refractivity contribution in [1.29, 1.82) is 0 Å². The lowest BCUT2D eigenvalue weighted by molar-refractivity contribution is 0.461. The molecule has 3 heteroatoms. The Kier molecular flexibility index (Phi) is 2.06. The van der Waals surface area contributed by atoms with E-state index in [0.717, 1.165) is 11.6 Å². The minimum Gasteiger partial charge on any atom is -0.448 e. The Balaban J connectivity index is 2.74. The van der Waals surface area contributed by atoms with Crippen molar-refractivity contribution in [3.63, 3.8) is 0 Å². The SMILES string of the molecule is Cc1coc(C(C)CN)n1. The van der Waals surface area contributed by atoms with Crippen LogP contribution in [0.3, 0.4) is 0 Å². The first-order valence-electron chi connectivity index (χ1n) is 3.36. The summed E-state index contributed by atoms with van der Waals surface area (Å²) in [7, 11) is 0. The summed E-state index contributed by atoms with van der Waals surface area (Å²) < 4.78 is 5.13. The van der Waals surface area contributed by atoms with Crippen molar-refractivity contribution in [2.75, 3.05) is 6.54 Å². The second-order valence-corrected chi connectivity index (χ2v) is 2.46. The van der Waals surface area contributed by atoms with E-state index in [1.54, 1.807) is 6.26 Å². The van der Waals surface area contributed by atoms with E-state index in [9.17, 15) is 0 Å². The topological polar surface area (TPSA) is 52.0 Å². The van der Waals surface area contributed by atoms with Crippen LogP contribution in [0.2, 0.25) is 0 Å². The maximum Gasteiger partial charge on any atom is 0.198 e. The van der Waals surface area contributed by atoms with Gasteiger partial charge in [0.15, 0.2) is 5.89 Å². The van der Waals surface area contributed by atoms with Gasteiger partial charge in [-0.05, 0) is 6.92 Å². The van der Waals surface area contributed by atoms with Crippen molar-refractivity contribution >= 4 is 0 Å². The molecule has 0 saturated carbocycles. The minimum absolute atomic E-state index is 0.230. The van der Waals surface area contributed by atoms with Crippen molar-refractivity contribution < 1.29 is 4.42 Å². The summed E-state index contributed by atoms with van der Waals surface area (Å²) in [5.41, 5.74) is 6.33. The molecule has 0 amide bonds. The number of hydrogen-bond acceptors (Lipinski definition) is 3. The zero-order valence-corrected chi connectivity index (χ0v) is 6.29. The molecule has 1 heterocycles. The molecule has 0 fully saturated rings. The van der Waals surface area contributed by atoms with Gasteiger partial charge in [-0.25, -0.2) is 4.98 Å². The fourth-order valence-electron chi connectivity index (χ4n) is 0.699. The van der Waals surface area contributed by atoms with Crippen molar-refractivity contribution in [1.82, 2.24) is 4.98 Å². The molecule has 1 unspecified atom stereocenters. The molecule has 1 atom stereocenters. The maximum absolute atomic E-state index is 5.41. The summed E-state index contributed by atoms with van der Waals surface area (Å²) in [5.74, 6) is 0.966. The van der Waals surface area contributed by atoms with Gasteiger partial charge in [0.2, 0.25) is 0 Å². The van der Waals surface area contributed by atoms with E-state index in [1.807, 2.05) is 13.8 Å². The first kappa shape index (κ1) is 7.28. The molecule has 3 nitrogen and oxygen atoms in total. The molecule has 1 aromatic rings. The Labute approximate surface area is 60.2 Å².